The van der Waals surface area contributed by atoms with E-state index in [-0.39, 0.29) is 15.8 Å². The molecule has 0 saturated carbocycles. The summed E-state index contributed by atoms with van der Waals surface area (Å²) in [6.07, 6.45) is 0. The van der Waals surface area contributed by atoms with E-state index >= 15 is 0 Å². The molecule has 0 saturated heterocycles. The van der Waals surface area contributed by atoms with E-state index in [1.54, 1.807) is 0 Å². The number of carbonyl (C=O) groups excluding carboxylic acids is 1. The van der Waals surface area contributed by atoms with Crippen LogP contribution in [0.3, 0.4) is 0 Å². The highest BCUT2D eigenvalue weighted by Crippen LogP contribution is 2.32. The van der Waals surface area contributed by atoms with Crippen LogP contribution in [0.5, 0.6) is 0 Å². The Hall–Kier alpha value is -1.28. The Labute approximate surface area is 119 Å². The van der Waals surface area contributed by atoms with Crippen LogP contribution in [-0.2, 0) is 4.79 Å². The van der Waals surface area contributed by atoms with Gasteiger partial charge in [0.25, 0.3) is 0 Å². The second-order valence-electron chi connectivity index (χ2n) is 5.86. The molecule has 1 atom stereocenters. The summed E-state index contributed by atoms with van der Waals surface area (Å²) in [4.78, 5) is 12.3. The van der Waals surface area contributed by atoms with E-state index in [9.17, 15) is 4.79 Å². The standard InChI is InChI=1S/C17H20OS/c1-12(16(18)19-17(2,3)4)14-10-9-13-7-5-6-8-15(13)11-14/h5-12H,1-4H3. The fourth-order valence-electron chi connectivity index (χ4n) is 2.00. The van der Waals surface area contributed by atoms with Gasteiger partial charge in [-0.15, -0.1) is 0 Å². The van der Waals surface area contributed by atoms with Crippen molar-refractivity contribution in [3.05, 3.63) is 48.0 Å². The molecule has 0 aliphatic rings. The molecule has 0 fully saturated rings. The van der Waals surface area contributed by atoms with Crippen molar-refractivity contribution in [1.82, 2.24) is 0 Å². The fourth-order valence-corrected chi connectivity index (χ4v) is 2.92. The molecule has 0 heterocycles. The lowest BCUT2D eigenvalue weighted by Crippen LogP contribution is -2.15. The number of benzene rings is 2. The van der Waals surface area contributed by atoms with Crippen LogP contribution in [0.2, 0.25) is 0 Å². The monoisotopic (exact) mass is 272 g/mol. The van der Waals surface area contributed by atoms with E-state index in [2.05, 4.69) is 51.1 Å². The van der Waals surface area contributed by atoms with Crippen LogP contribution >= 0.6 is 11.8 Å². The summed E-state index contributed by atoms with van der Waals surface area (Å²) < 4.78 is -0.0256. The molecule has 0 aliphatic carbocycles. The highest BCUT2D eigenvalue weighted by molar-refractivity contribution is 8.14. The summed E-state index contributed by atoms with van der Waals surface area (Å²) in [6, 6.07) is 14.5. The maximum absolute atomic E-state index is 12.3. The van der Waals surface area contributed by atoms with E-state index in [4.69, 9.17) is 0 Å². The number of fused-ring (bicyclic) bond motifs is 1. The van der Waals surface area contributed by atoms with Gasteiger partial charge >= 0.3 is 0 Å². The van der Waals surface area contributed by atoms with Gasteiger partial charge in [0.05, 0.1) is 5.92 Å². The molecule has 0 N–H and O–H groups in total. The van der Waals surface area contributed by atoms with E-state index < -0.39 is 0 Å². The average Bonchev–Trinajstić information content (AvgIpc) is 2.35. The zero-order valence-electron chi connectivity index (χ0n) is 11.9. The minimum absolute atomic E-state index is 0.0256. The Morgan fingerprint density at radius 2 is 1.68 bits per heavy atom. The molecule has 0 spiro atoms. The van der Waals surface area contributed by atoms with Gasteiger partial charge in [-0.2, -0.15) is 0 Å². The first-order chi connectivity index (χ1) is 8.87. The predicted molar refractivity (Wildman–Crippen MR) is 84.7 cm³/mol. The summed E-state index contributed by atoms with van der Waals surface area (Å²) >= 11 is 1.43. The lowest BCUT2D eigenvalue weighted by atomic mass is 9.99. The molecule has 2 heteroatoms. The van der Waals surface area contributed by atoms with Crippen LogP contribution in [0, 0.1) is 0 Å². The van der Waals surface area contributed by atoms with Crippen molar-refractivity contribution in [1.29, 1.82) is 0 Å². The number of thioether (sulfide) groups is 1. The molecule has 2 aromatic carbocycles. The van der Waals surface area contributed by atoms with Crippen molar-refractivity contribution in [2.24, 2.45) is 0 Å². The summed E-state index contributed by atoms with van der Waals surface area (Å²) in [5.41, 5.74) is 1.10. The Kier molecular flexibility index (Phi) is 4.00. The van der Waals surface area contributed by atoms with Crippen LogP contribution in [0.1, 0.15) is 39.2 Å². The number of carbonyl (C=O) groups is 1. The molecular weight excluding hydrogens is 252 g/mol. The maximum Gasteiger partial charge on any atom is 0.196 e. The van der Waals surface area contributed by atoms with E-state index in [0.717, 1.165) is 5.56 Å². The number of hydrogen-bond donors (Lipinski definition) is 0. The van der Waals surface area contributed by atoms with Crippen molar-refractivity contribution >= 4 is 27.6 Å². The summed E-state index contributed by atoms with van der Waals surface area (Å²) in [6.45, 7) is 8.21. The van der Waals surface area contributed by atoms with E-state index in [1.807, 2.05) is 19.1 Å². The molecule has 0 radical (unpaired) electrons. The largest absolute Gasteiger partial charge is 0.287 e. The SMILES string of the molecule is CC(C(=O)SC(C)(C)C)c1ccc2ccccc2c1. The highest BCUT2D eigenvalue weighted by atomic mass is 32.2. The Morgan fingerprint density at radius 1 is 1.05 bits per heavy atom. The minimum Gasteiger partial charge on any atom is -0.287 e. The average molecular weight is 272 g/mol. The third-order valence-electron chi connectivity index (χ3n) is 3.03. The summed E-state index contributed by atoms with van der Waals surface area (Å²) in [7, 11) is 0. The van der Waals surface area contributed by atoms with Crippen molar-refractivity contribution in [2.45, 2.75) is 38.4 Å². The Bertz CT molecular complexity index is 595. The van der Waals surface area contributed by atoms with Crippen molar-refractivity contribution in [3.63, 3.8) is 0 Å². The lowest BCUT2D eigenvalue weighted by Gasteiger charge is -2.19. The van der Waals surface area contributed by atoms with Gasteiger partial charge in [0.2, 0.25) is 0 Å². The van der Waals surface area contributed by atoms with Crippen molar-refractivity contribution in [3.8, 4) is 0 Å². The molecule has 2 rings (SSSR count). The fraction of sp³-hybridized carbons (Fsp3) is 0.353. The summed E-state index contributed by atoms with van der Waals surface area (Å²) in [5, 5.41) is 2.65. The molecule has 0 amide bonds. The molecule has 0 bridgehead atoms. The van der Waals surface area contributed by atoms with Crippen LogP contribution in [0.25, 0.3) is 10.8 Å². The first kappa shape index (κ1) is 14.1. The van der Waals surface area contributed by atoms with Crippen LogP contribution < -0.4 is 0 Å². The topological polar surface area (TPSA) is 17.1 Å². The van der Waals surface area contributed by atoms with Gasteiger partial charge in [-0.1, -0.05) is 81.9 Å². The second kappa shape index (κ2) is 5.38. The zero-order valence-corrected chi connectivity index (χ0v) is 12.8. The number of rotatable bonds is 2. The third kappa shape index (κ3) is 3.60. The van der Waals surface area contributed by atoms with Gasteiger partial charge in [-0.25, -0.2) is 0 Å². The Morgan fingerprint density at radius 3 is 2.32 bits per heavy atom. The van der Waals surface area contributed by atoms with Gasteiger partial charge < -0.3 is 0 Å². The molecule has 1 nitrogen and oxygen atoms in total. The molecule has 2 aromatic rings. The second-order valence-corrected chi connectivity index (χ2v) is 7.69. The van der Waals surface area contributed by atoms with Crippen LogP contribution in [-0.4, -0.2) is 9.86 Å². The normalized spacial score (nSPS) is 13.5. The predicted octanol–water partition coefficient (Wildman–Crippen LogP) is 5.00. The van der Waals surface area contributed by atoms with Crippen molar-refractivity contribution < 1.29 is 4.79 Å². The van der Waals surface area contributed by atoms with Gasteiger partial charge in [0.15, 0.2) is 5.12 Å². The van der Waals surface area contributed by atoms with Crippen molar-refractivity contribution in [2.75, 3.05) is 0 Å². The number of hydrogen-bond acceptors (Lipinski definition) is 2. The maximum atomic E-state index is 12.3. The minimum atomic E-state index is -0.0613. The van der Waals surface area contributed by atoms with Crippen LogP contribution in [0.4, 0.5) is 0 Å². The molecule has 0 aromatic heterocycles. The smallest absolute Gasteiger partial charge is 0.196 e. The first-order valence-corrected chi connectivity index (χ1v) is 7.40. The molecule has 1 unspecified atom stereocenters. The quantitative estimate of drug-likeness (QED) is 0.765. The molecule has 100 valence electrons. The highest BCUT2D eigenvalue weighted by Gasteiger charge is 2.22. The van der Waals surface area contributed by atoms with Crippen LogP contribution in [0.15, 0.2) is 42.5 Å². The van der Waals surface area contributed by atoms with Gasteiger partial charge in [-0.3, -0.25) is 4.79 Å². The third-order valence-corrected chi connectivity index (χ3v) is 4.20. The molecule has 19 heavy (non-hydrogen) atoms. The zero-order chi connectivity index (χ0) is 14.0. The summed E-state index contributed by atoms with van der Waals surface area (Å²) in [5.74, 6) is -0.0613. The van der Waals surface area contributed by atoms with Gasteiger partial charge in [0, 0.05) is 4.75 Å². The van der Waals surface area contributed by atoms with E-state index in [0.29, 0.717) is 0 Å². The first-order valence-electron chi connectivity index (χ1n) is 6.58. The van der Waals surface area contributed by atoms with E-state index in [1.165, 1.54) is 22.5 Å². The molecular formula is C17H20OS. The molecule has 0 aliphatic heterocycles. The Balaban J connectivity index is 2.26. The lowest BCUT2D eigenvalue weighted by molar-refractivity contribution is -0.112. The van der Waals surface area contributed by atoms with Gasteiger partial charge in [0.1, 0.15) is 0 Å². The van der Waals surface area contributed by atoms with Gasteiger partial charge in [-0.05, 0) is 16.3 Å².